The molecule has 2 unspecified atom stereocenters. The molecule has 0 spiro atoms. The Morgan fingerprint density at radius 2 is 2.03 bits per heavy atom. The largest absolute Gasteiger partial charge is 0.492 e. The third-order valence-corrected chi connectivity index (χ3v) is 5.15. The predicted octanol–water partition coefficient (Wildman–Crippen LogP) is 5.90. The van der Waals surface area contributed by atoms with Gasteiger partial charge in [-0.15, -0.1) is 0 Å². The van der Waals surface area contributed by atoms with Crippen molar-refractivity contribution < 1.29 is 19.0 Å². The molecule has 9 heteroatoms. The molecule has 0 saturated heterocycles. The van der Waals surface area contributed by atoms with E-state index in [1.165, 1.54) is 7.11 Å². The van der Waals surface area contributed by atoms with E-state index in [0.29, 0.717) is 34.3 Å². The van der Waals surface area contributed by atoms with Crippen LogP contribution in [0.5, 0.6) is 11.5 Å². The van der Waals surface area contributed by atoms with Crippen LogP contribution in [0.4, 0.5) is 10.6 Å². The summed E-state index contributed by atoms with van der Waals surface area (Å²) in [5, 5.41) is 3.22. The number of aromatic nitrogens is 1. The molecular weight excluding hydrogens is 441 g/mol. The molecule has 0 fully saturated rings. The van der Waals surface area contributed by atoms with Crippen LogP contribution in [-0.4, -0.2) is 30.8 Å². The Hall–Kier alpha value is -2.22. The minimum atomic E-state index is -0.658. The maximum atomic E-state index is 11.5. The van der Waals surface area contributed by atoms with E-state index in [1.807, 2.05) is 20.8 Å². The van der Waals surface area contributed by atoms with Crippen molar-refractivity contribution in [3.05, 3.63) is 33.9 Å². The number of carbonyl (C=O) groups excluding carboxylic acids is 1. The Morgan fingerprint density at radius 1 is 1.32 bits per heavy atom. The Balaban J connectivity index is 0.00000166. The van der Waals surface area contributed by atoms with Gasteiger partial charge in [0.15, 0.2) is 5.82 Å². The summed E-state index contributed by atoms with van der Waals surface area (Å²) >= 11 is 13.0. The molecule has 2 aromatic rings. The number of benzene rings is 1. The lowest BCUT2D eigenvalue weighted by atomic mass is 9.98. The average molecular weight is 470 g/mol. The van der Waals surface area contributed by atoms with Gasteiger partial charge >= 0.3 is 6.09 Å². The Bertz CT molecular complexity index is 922. The summed E-state index contributed by atoms with van der Waals surface area (Å²) in [7, 11) is 1.27. The lowest BCUT2D eigenvalue weighted by Gasteiger charge is -2.24. The van der Waals surface area contributed by atoms with E-state index >= 15 is 0 Å². The third kappa shape index (κ3) is 6.15. The minimum absolute atomic E-state index is 0.107. The fraction of sp³-hybridized carbons (Fsp3) is 0.455. The summed E-state index contributed by atoms with van der Waals surface area (Å²) in [5.41, 5.74) is 8.03. The zero-order chi connectivity index (χ0) is 23.1. The van der Waals surface area contributed by atoms with Gasteiger partial charge in [-0.1, -0.05) is 44.0 Å². The van der Waals surface area contributed by atoms with Crippen LogP contribution in [0.25, 0.3) is 11.1 Å². The van der Waals surface area contributed by atoms with Crippen molar-refractivity contribution in [2.75, 3.05) is 19.0 Å². The number of nitrogens with zero attached hydrogens (tertiary/aromatic N) is 1. The molecule has 0 bridgehead atoms. The standard InChI is InChI=1S/C20H23Cl2N3O4.C2H6/c1-10(4-11(2)23)8-28-16-6-15-13(5-14(16)21)17-12(9-29-15)7-24-19(18(17)22)25-20(26)27-3;1-2/h5-7,10-11H,4,8-9,23H2,1-3H3,(H,24,25,26);1-2H3. The van der Waals surface area contributed by atoms with Gasteiger partial charge in [0, 0.05) is 35.0 Å². The van der Waals surface area contributed by atoms with Crippen molar-refractivity contribution in [3.63, 3.8) is 0 Å². The zero-order valence-electron chi connectivity index (χ0n) is 18.4. The summed E-state index contributed by atoms with van der Waals surface area (Å²) in [4.78, 5) is 15.7. The van der Waals surface area contributed by atoms with Gasteiger partial charge in [0.1, 0.15) is 18.1 Å². The van der Waals surface area contributed by atoms with E-state index < -0.39 is 6.09 Å². The molecule has 1 aliphatic heterocycles. The molecule has 2 heterocycles. The number of anilines is 1. The number of halogens is 2. The summed E-state index contributed by atoms with van der Waals surface area (Å²) in [6, 6.07) is 3.61. The second-order valence-electron chi connectivity index (χ2n) is 7.13. The third-order valence-electron chi connectivity index (χ3n) is 4.49. The molecule has 0 aliphatic carbocycles. The van der Waals surface area contributed by atoms with Crippen LogP contribution in [0.1, 0.15) is 39.7 Å². The maximum absolute atomic E-state index is 11.5. The van der Waals surface area contributed by atoms with E-state index in [2.05, 4.69) is 22.0 Å². The number of nitrogens with two attached hydrogens (primary N) is 1. The molecule has 0 radical (unpaired) electrons. The van der Waals surface area contributed by atoms with Gasteiger partial charge in [-0.05, 0) is 25.3 Å². The first-order valence-electron chi connectivity index (χ1n) is 10.2. The second kappa shape index (κ2) is 11.4. The Labute approximate surface area is 193 Å². The molecule has 31 heavy (non-hydrogen) atoms. The lowest BCUT2D eigenvalue weighted by Crippen LogP contribution is -2.21. The number of nitrogens with one attached hydrogen (secondary N) is 1. The highest BCUT2D eigenvalue weighted by Crippen LogP contribution is 2.47. The van der Waals surface area contributed by atoms with Gasteiger partial charge in [0.2, 0.25) is 0 Å². The fourth-order valence-electron chi connectivity index (χ4n) is 3.21. The normalized spacial score (nSPS) is 13.4. The van der Waals surface area contributed by atoms with Gasteiger partial charge < -0.3 is 19.9 Å². The molecule has 0 saturated carbocycles. The van der Waals surface area contributed by atoms with Crippen molar-refractivity contribution in [1.29, 1.82) is 0 Å². The Kier molecular flexibility index (Phi) is 9.22. The van der Waals surface area contributed by atoms with Gasteiger partial charge in [-0.25, -0.2) is 9.78 Å². The highest BCUT2D eigenvalue weighted by Gasteiger charge is 2.25. The van der Waals surface area contributed by atoms with Crippen LogP contribution in [0, 0.1) is 5.92 Å². The SMILES string of the molecule is CC.COC(=O)Nc1ncc2c(c1Cl)-c1cc(Cl)c(OCC(C)CC(C)N)cc1OC2. The van der Waals surface area contributed by atoms with Crippen LogP contribution in [-0.2, 0) is 11.3 Å². The molecule has 1 aromatic carbocycles. The highest BCUT2D eigenvalue weighted by atomic mass is 35.5. The number of amides is 1. The quantitative estimate of drug-likeness (QED) is 0.546. The zero-order valence-corrected chi connectivity index (χ0v) is 19.9. The molecule has 7 nitrogen and oxygen atoms in total. The highest BCUT2D eigenvalue weighted by molar-refractivity contribution is 6.37. The molecule has 1 amide bonds. The van der Waals surface area contributed by atoms with Crippen molar-refractivity contribution in [2.24, 2.45) is 11.7 Å². The molecule has 2 atom stereocenters. The van der Waals surface area contributed by atoms with E-state index in [9.17, 15) is 4.79 Å². The summed E-state index contributed by atoms with van der Waals surface area (Å²) in [6.45, 7) is 8.82. The second-order valence-corrected chi connectivity index (χ2v) is 7.92. The number of methoxy groups -OCH3 is 1. The van der Waals surface area contributed by atoms with Crippen molar-refractivity contribution in [3.8, 4) is 22.6 Å². The predicted molar refractivity (Wildman–Crippen MR) is 124 cm³/mol. The number of pyridine rings is 1. The summed E-state index contributed by atoms with van der Waals surface area (Å²) in [5.74, 6) is 1.61. The summed E-state index contributed by atoms with van der Waals surface area (Å²) in [6.07, 6.45) is 1.79. The smallest absolute Gasteiger partial charge is 0.412 e. The molecule has 1 aliphatic rings. The van der Waals surface area contributed by atoms with E-state index in [-0.39, 0.29) is 29.4 Å². The van der Waals surface area contributed by atoms with Crippen molar-refractivity contribution in [1.82, 2.24) is 4.98 Å². The fourth-order valence-corrected chi connectivity index (χ4v) is 3.75. The number of hydrogen-bond acceptors (Lipinski definition) is 6. The van der Waals surface area contributed by atoms with Crippen LogP contribution in [0.15, 0.2) is 18.3 Å². The minimum Gasteiger partial charge on any atom is -0.492 e. The molecule has 3 N–H and O–H groups in total. The van der Waals surface area contributed by atoms with Gasteiger partial charge in [0.25, 0.3) is 0 Å². The number of hydrogen-bond donors (Lipinski definition) is 2. The van der Waals surface area contributed by atoms with E-state index in [4.69, 9.17) is 38.4 Å². The van der Waals surface area contributed by atoms with Crippen LogP contribution in [0.3, 0.4) is 0 Å². The lowest BCUT2D eigenvalue weighted by molar-refractivity contribution is 0.187. The van der Waals surface area contributed by atoms with E-state index in [0.717, 1.165) is 12.0 Å². The van der Waals surface area contributed by atoms with Gasteiger partial charge in [0.05, 0.1) is 23.8 Å². The average Bonchev–Trinajstić information content (AvgIpc) is 2.74. The van der Waals surface area contributed by atoms with Gasteiger partial charge in [-0.2, -0.15) is 0 Å². The molecule has 1 aromatic heterocycles. The first-order chi connectivity index (χ1) is 14.8. The maximum Gasteiger partial charge on any atom is 0.412 e. The topological polar surface area (TPSA) is 95.7 Å². The summed E-state index contributed by atoms with van der Waals surface area (Å²) < 4.78 is 16.3. The molecule has 170 valence electrons. The van der Waals surface area contributed by atoms with Crippen molar-refractivity contribution in [2.45, 2.75) is 46.8 Å². The molecule has 3 rings (SSSR count). The number of fused-ring (bicyclic) bond motifs is 3. The number of carbonyl (C=O) groups is 1. The first-order valence-corrected chi connectivity index (χ1v) is 10.9. The van der Waals surface area contributed by atoms with Gasteiger partial charge in [-0.3, -0.25) is 5.32 Å². The molecular formula is C22H29Cl2N3O4. The van der Waals surface area contributed by atoms with Crippen LogP contribution >= 0.6 is 23.2 Å². The monoisotopic (exact) mass is 469 g/mol. The Morgan fingerprint density at radius 3 is 2.68 bits per heavy atom. The number of rotatable bonds is 6. The van der Waals surface area contributed by atoms with E-state index in [1.54, 1.807) is 18.3 Å². The first kappa shape index (κ1) is 25.0. The number of ether oxygens (including phenoxy) is 3. The van der Waals surface area contributed by atoms with Crippen LogP contribution < -0.4 is 20.5 Å². The van der Waals surface area contributed by atoms with Crippen LogP contribution in [0.2, 0.25) is 10.0 Å². The van der Waals surface area contributed by atoms with Crippen molar-refractivity contribution >= 4 is 35.1 Å².